The fourth-order valence-electron chi connectivity index (χ4n) is 1.76. The number of rotatable bonds is 10. The number of carbonyl (C=O) groups excluding carboxylic acids is 1. The molecule has 0 aromatic carbocycles. The first kappa shape index (κ1) is 21.4. The lowest BCUT2D eigenvalue weighted by atomic mass is 10.2. The van der Waals surface area contributed by atoms with Gasteiger partial charge in [-0.25, -0.2) is 0 Å². The number of carbonyl (C=O) groups is 1. The van der Waals surface area contributed by atoms with Crippen LogP contribution in [0.4, 0.5) is 0 Å². The van der Waals surface area contributed by atoms with Gasteiger partial charge < -0.3 is 20.1 Å². The van der Waals surface area contributed by atoms with Gasteiger partial charge in [-0.05, 0) is 32.1 Å². The van der Waals surface area contributed by atoms with Crippen molar-refractivity contribution in [2.75, 3.05) is 40.0 Å². The Labute approximate surface area is 150 Å². The Balaban J connectivity index is 0.00000441. The maximum Gasteiger partial charge on any atom is 0.310 e. The number of nitrogens with zero attached hydrogens (tertiary/aromatic N) is 1. The van der Waals surface area contributed by atoms with E-state index in [1.54, 1.807) is 0 Å². The van der Waals surface area contributed by atoms with Gasteiger partial charge >= 0.3 is 5.97 Å². The highest BCUT2D eigenvalue weighted by Gasteiger charge is 2.20. The minimum Gasteiger partial charge on any atom is -0.469 e. The lowest BCUT2D eigenvalue weighted by Crippen LogP contribution is -2.38. The van der Waals surface area contributed by atoms with Crippen LogP contribution < -0.4 is 10.6 Å². The third-order valence-electron chi connectivity index (χ3n) is 3.28. The molecule has 22 heavy (non-hydrogen) atoms. The summed E-state index contributed by atoms with van der Waals surface area (Å²) in [7, 11) is 1.40. The van der Waals surface area contributed by atoms with Gasteiger partial charge in [0.15, 0.2) is 5.96 Å². The first-order valence-electron chi connectivity index (χ1n) is 7.85. The summed E-state index contributed by atoms with van der Waals surface area (Å²) in [5.74, 6) is 1.09. The van der Waals surface area contributed by atoms with E-state index in [4.69, 9.17) is 4.74 Å². The van der Waals surface area contributed by atoms with E-state index in [0.29, 0.717) is 6.54 Å². The minimum absolute atomic E-state index is 0. The lowest BCUT2D eigenvalue weighted by Gasteiger charge is -2.12. The van der Waals surface area contributed by atoms with Gasteiger partial charge in [0.25, 0.3) is 0 Å². The number of hydrogen-bond acceptors (Lipinski definition) is 4. The monoisotopic (exact) mass is 427 g/mol. The zero-order chi connectivity index (χ0) is 15.5. The number of methoxy groups -OCH3 is 1. The van der Waals surface area contributed by atoms with Gasteiger partial charge in [-0.15, -0.1) is 24.0 Å². The maximum absolute atomic E-state index is 11.3. The van der Waals surface area contributed by atoms with Gasteiger partial charge in [-0.3, -0.25) is 9.79 Å². The topological polar surface area (TPSA) is 72.0 Å². The van der Waals surface area contributed by atoms with E-state index in [1.165, 1.54) is 20.0 Å². The number of halogens is 1. The number of guanidine groups is 1. The predicted molar refractivity (Wildman–Crippen MR) is 98.7 cm³/mol. The summed E-state index contributed by atoms with van der Waals surface area (Å²) in [5, 5.41) is 6.40. The van der Waals surface area contributed by atoms with E-state index in [-0.39, 0.29) is 35.9 Å². The Morgan fingerprint density at radius 1 is 1.36 bits per heavy atom. The molecule has 130 valence electrons. The highest BCUT2D eigenvalue weighted by atomic mass is 127. The third kappa shape index (κ3) is 10.2. The summed E-state index contributed by atoms with van der Waals surface area (Å²) in [6.45, 7) is 7.52. The molecule has 0 aromatic heterocycles. The number of ether oxygens (including phenoxy) is 2. The highest BCUT2D eigenvalue weighted by Crippen LogP contribution is 2.28. The average molecular weight is 427 g/mol. The molecule has 0 bridgehead atoms. The van der Waals surface area contributed by atoms with E-state index < -0.39 is 0 Å². The van der Waals surface area contributed by atoms with Crippen LogP contribution >= 0.6 is 24.0 Å². The van der Waals surface area contributed by atoms with E-state index >= 15 is 0 Å². The fourth-order valence-corrected chi connectivity index (χ4v) is 1.76. The third-order valence-corrected chi connectivity index (χ3v) is 3.28. The number of aliphatic imine (C=N–C) groups is 1. The molecule has 1 atom stereocenters. The standard InChI is InChI=1S/C15H29N3O3.HI/c1-4-16-15(18-10-12(2)14(19)20-3)17-8-5-9-21-11-13-6-7-13;/h12-13H,4-11H2,1-3H3,(H2,16,17,18);1H. The van der Waals surface area contributed by atoms with Crippen molar-refractivity contribution in [1.82, 2.24) is 10.6 Å². The average Bonchev–Trinajstić information content (AvgIpc) is 3.31. The van der Waals surface area contributed by atoms with Crippen molar-refractivity contribution in [3.8, 4) is 0 Å². The van der Waals surface area contributed by atoms with Crippen molar-refractivity contribution in [1.29, 1.82) is 0 Å². The van der Waals surface area contributed by atoms with Gasteiger partial charge in [-0.2, -0.15) is 0 Å². The van der Waals surface area contributed by atoms with Crippen LogP contribution in [0.25, 0.3) is 0 Å². The molecule has 6 nitrogen and oxygen atoms in total. The lowest BCUT2D eigenvalue weighted by molar-refractivity contribution is -0.144. The summed E-state index contributed by atoms with van der Waals surface area (Å²) in [5.41, 5.74) is 0. The van der Waals surface area contributed by atoms with Gasteiger partial charge in [-0.1, -0.05) is 6.92 Å². The summed E-state index contributed by atoms with van der Waals surface area (Å²) < 4.78 is 10.3. The molecule has 0 radical (unpaired) electrons. The summed E-state index contributed by atoms with van der Waals surface area (Å²) in [6, 6.07) is 0. The van der Waals surface area contributed by atoms with Crippen LogP contribution in [0.2, 0.25) is 0 Å². The zero-order valence-corrected chi connectivity index (χ0v) is 16.2. The summed E-state index contributed by atoms with van der Waals surface area (Å²) in [6.07, 6.45) is 3.60. The van der Waals surface area contributed by atoms with Gasteiger partial charge in [0.1, 0.15) is 0 Å². The molecule has 1 fully saturated rings. The summed E-state index contributed by atoms with van der Waals surface area (Å²) >= 11 is 0. The first-order chi connectivity index (χ1) is 10.2. The molecule has 0 aromatic rings. The molecule has 1 aliphatic rings. The van der Waals surface area contributed by atoms with Crippen LogP contribution in [-0.2, 0) is 14.3 Å². The van der Waals surface area contributed by atoms with Crippen molar-refractivity contribution in [2.45, 2.75) is 33.1 Å². The second kappa shape index (κ2) is 12.9. The molecule has 0 heterocycles. The van der Waals surface area contributed by atoms with Crippen molar-refractivity contribution in [2.24, 2.45) is 16.8 Å². The fraction of sp³-hybridized carbons (Fsp3) is 0.867. The Kier molecular flexibility index (Phi) is 12.6. The van der Waals surface area contributed by atoms with E-state index in [9.17, 15) is 4.79 Å². The molecule has 7 heteroatoms. The zero-order valence-electron chi connectivity index (χ0n) is 13.9. The van der Waals surface area contributed by atoms with Crippen LogP contribution in [0.3, 0.4) is 0 Å². The highest BCUT2D eigenvalue weighted by molar-refractivity contribution is 14.0. The summed E-state index contributed by atoms with van der Waals surface area (Å²) in [4.78, 5) is 15.7. The second-order valence-electron chi connectivity index (χ2n) is 5.44. The van der Waals surface area contributed by atoms with Crippen LogP contribution in [0, 0.1) is 11.8 Å². The van der Waals surface area contributed by atoms with Crippen molar-refractivity contribution in [3.05, 3.63) is 0 Å². The normalized spacial score (nSPS) is 15.7. The number of nitrogens with one attached hydrogen (secondary N) is 2. The first-order valence-corrected chi connectivity index (χ1v) is 7.85. The smallest absolute Gasteiger partial charge is 0.310 e. The van der Waals surface area contributed by atoms with E-state index in [0.717, 1.165) is 44.6 Å². The molecule has 1 unspecified atom stereocenters. The number of esters is 1. The van der Waals surface area contributed by atoms with E-state index in [1.807, 2.05) is 13.8 Å². The molecular formula is C15H30IN3O3. The molecular weight excluding hydrogens is 397 g/mol. The van der Waals surface area contributed by atoms with Crippen molar-refractivity contribution >= 4 is 35.9 Å². The SMILES string of the molecule is CCNC(=NCC(C)C(=O)OC)NCCCOCC1CC1.I. The van der Waals surface area contributed by atoms with Crippen molar-refractivity contribution in [3.63, 3.8) is 0 Å². The second-order valence-corrected chi connectivity index (χ2v) is 5.44. The molecule has 0 amide bonds. The molecule has 1 saturated carbocycles. The molecule has 1 rings (SSSR count). The van der Waals surface area contributed by atoms with E-state index in [2.05, 4.69) is 20.4 Å². The van der Waals surface area contributed by atoms with Gasteiger partial charge in [0.05, 0.1) is 19.6 Å². The Morgan fingerprint density at radius 2 is 2.09 bits per heavy atom. The maximum atomic E-state index is 11.3. The Morgan fingerprint density at radius 3 is 2.68 bits per heavy atom. The molecule has 0 saturated heterocycles. The quantitative estimate of drug-likeness (QED) is 0.183. The van der Waals surface area contributed by atoms with Crippen LogP contribution in [0.1, 0.15) is 33.1 Å². The Bertz CT molecular complexity index is 336. The number of hydrogen-bond donors (Lipinski definition) is 2. The van der Waals surface area contributed by atoms with Crippen LogP contribution in [-0.4, -0.2) is 51.9 Å². The van der Waals surface area contributed by atoms with Crippen molar-refractivity contribution < 1.29 is 14.3 Å². The molecule has 2 N–H and O–H groups in total. The molecule has 1 aliphatic carbocycles. The molecule has 0 aliphatic heterocycles. The van der Waals surface area contributed by atoms with Gasteiger partial charge in [0, 0.05) is 26.3 Å². The van der Waals surface area contributed by atoms with Crippen LogP contribution in [0.15, 0.2) is 4.99 Å². The minimum atomic E-state index is -0.233. The molecule has 0 spiro atoms. The van der Waals surface area contributed by atoms with Crippen LogP contribution in [0.5, 0.6) is 0 Å². The van der Waals surface area contributed by atoms with Gasteiger partial charge in [0.2, 0.25) is 0 Å². The largest absolute Gasteiger partial charge is 0.469 e. The Hall–Kier alpha value is -0.570. The predicted octanol–water partition coefficient (Wildman–Crippen LogP) is 1.79.